The first-order valence-electron chi connectivity index (χ1n) is 7.62. The van der Waals surface area contributed by atoms with E-state index in [1.807, 2.05) is 43.3 Å². The van der Waals surface area contributed by atoms with E-state index in [2.05, 4.69) is 31.3 Å². The molecular weight excluding hydrogens is 372 g/mol. The van der Waals surface area contributed by atoms with E-state index < -0.39 is 0 Å². The normalized spacial score (nSPS) is 13.1. The van der Waals surface area contributed by atoms with Crippen molar-refractivity contribution in [2.24, 2.45) is 0 Å². The van der Waals surface area contributed by atoms with Gasteiger partial charge in [0, 0.05) is 10.0 Å². The minimum atomic E-state index is 0.496. The maximum atomic E-state index is 5.64. The first-order valence-corrected chi connectivity index (χ1v) is 8.42. The highest BCUT2D eigenvalue weighted by Gasteiger charge is 2.16. The zero-order chi connectivity index (χ0) is 16.5. The molecule has 0 spiro atoms. The van der Waals surface area contributed by atoms with Crippen LogP contribution in [-0.4, -0.2) is 33.4 Å². The SMILES string of the molecule is Cc1ccccc1-c1nnn(Cc2cc3c(cc2Br)OCCO3)n1. The van der Waals surface area contributed by atoms with Crippen molar-refractivity contribution in [1.29, 1.82) is 0 Å². The molecule has 0 aliphatic carbocycles. The van der Waals surface area contributed by atoms with Gasteiger partial charge < -0.3 is 9.47 Å². The Kier molecular flexibility index (Phi) is 3.93. The van der Waals surface area contributed by atoms with Crippen LogP contribution < -0.4 is 9.47 Å². The molecule has 4 rings (SSSR count). The summed E-state index contributed by atoms with van der Waals surface area (Å²) in [4.78, 5) is 1.58. The van der Waals surface area contributed by atoms with Crippen molar-refractivity contribution in [3.8, 4) is 22.9 Å². The van der Waals surface area contributed by atoms with Crippen molar-refractivity contribution in [3.63, 3.8) is 0 Å². The molecule has 2 heterocycles. The lowest BCUT2D eigenvalue weighted by atomic mass is 10.1. The largest absolute Gasteiger partial charge is 0.486 e. The molecule has 1 aliphatic rings. The third-order valence-corrected chi connectivity index (χ3v) is 4.60. The van der Waals surface area contributed by atoms with Gasteiger partial charge in [-0.2, -0.15) is 4.80 Å². The minimum absolute atomic E-state index is 0.496. The first-order chi connectivity index (χ1) is 11.7. The van der Waals surface area contributed by atoms with Crippen molar-refractivity contribution in [3.05, 3.63) is 52.0 Å². The third kappa shape index (κ3) is 2.87. The van der Waals surface area contributed by atoms with E-state index in [1.54, 1.807) is 4.80 Å². The van der Waals surface area contributed by atoms with E-state index in [4.69, 9.17) is 9.47 Å². The summed E-state index contributed by atoms with van der Waals surface area (Å²) in [5.41, 5.74) is 3.12. The lowest BCUT2D eigenvalue weighted by Crippen LogP contribution is -2.16. The Morgan fingerprint density at radius 1 is 1.12 bits per heavy atom. The summed E-state index contributed by atoms with van der Waals surface area (Å²) in [6.45, 7) is 3.67. The van der Waals surface area contributed by atoms with Crippen molar-refractivity contribution < 1.29 is 9.47 Å². The lowest BCUT2D eigenvalue weighted by Gasteiger charge is -2.19. The summed E-state index contributed by atoms with van der Waals surface area (Å²) in [6.07, 6.45) is 0. The molecule has 122 valence electrons. The lowest BCUT2D eigenvalue weighted by molar-refractivity contribution is 0.171. The van der Waals surface area contributed by atoms with Crippen LogP contribution in [0.1, 0.15) is 11.1 Å². The van der Waals surface area contributed by atoms with Crippen LogP contribution in [0.15, 0.2) is 40.9 Å². The Balaban J connectivity index is 1.62. The van der Waals surface area contributed by atoms with Gasteiger partial charge in [0.05, 0.1) is 6.54 Å². The molecular formula is C17H15BrN4O2. The van der Waals surface area contributed by atoms with Gasteiger partial charge >= 0.3 is 0 Å². The summed E-state index contributed by atoms with van der Waals surface area (Å²) < 4.78 is 12.1. The fraction of sp³-hybridized carbons (Fsp3) is 0.235. The molecule has 1 aromatic heterocycles. The molecule has 0 fully saturated rings. The molecule has 0 unspecified atom stereocenters. The number of tetrazole rings is 1. The van der Waals surface area contributed by atoms with Crippen LogP contribution in [0.4, 0.5) is 0 Å². The van der Waals surface area contributed by atoms with E-state index in [9.17, 15) is 0 Å². The van der Waals surface area contributed by atoms with Crippen molar-refractivity contribution >= 4 is 15.9 Å². The van der Waals surface area contributed by atoms with Gasteiger partial charge in [-0.25, -0.2) is 0 Å². The van der Waals surface area contributed by atoms with E-state index in [-0.39, 0.29) is 0 Å². The Morgan fingerprint density at radius 3 is 2.67 bits per heavy atom. The number of fused-ring (bicyclic) bond motifs is 1. The Bertz CT molecular complexity index is 894. The van der Waals surface area contributed by atoms with E-state index in [0.717, 1.165) is 32.7 Å². The zero-order valence-corrected chi connectivity index (χ0v) is 14.7. The highest BCUT2D eigenvalue weighted by atomic mass is 79.9. The number of rotatable bonds is 3. The molecule has 0 saturated heterocycles. The molecule has 24 heavy (non-hydrogen) atoms. The van der Waals surface area contributed by atoms with Gasteiger partial charge in [-0.15, -0.1) is 10.2 Å². The number of aryl methyl sites for hydroxylation is 1. The standard InChI is InChI=1S/C17H15BrN4O2/c1-11-4-2-3-5-13(11)17-19-21-22(20-17)10-12-8-15-16(9-14(12)18)24-7-6-23-15/h2-5,8-9H,6-7,10H2,1H3. The predicted molar refractivity (Wildman–Crippen MR) is 92.2 cm³/mol. The number of hydrogen-bond acceptors (Lipinski definition) is 5. The van der Waals surface area contributed by atoms with Gasteiger partial charge in [0.15, 0.2) is 11.5 Å². The second-order valence-electron chi connectivity index (χ2n) is 5.55. The average Bonchev–Trinajstić information content (AvgIpc) is 3.04. The van der Waals surface area contributed by atoms with Gasteiger partial charge in [0.1, 0.15) is 13.2 Å². The molecule has 3 aromatic rings. The summed E-state index contributed by atoms with van der Waals surface area (Å²) in [5.74, 6) is 2.13. The summed E-state index contributed by atoms with van der Waals surface area (Å²) in [7, 11) is 0. The van der Waals surface area contributed by atoms with Gasteiger partial charge in [-0.1, -0.05) is 40.2 Å². The molecule has 6 nitrogen and oxygen atoms in total. The van der Waals surface area contributed by atoms with E-state index in [0.29, 0.717) is 25.6 Å². The number of aromatic nitrogens is 4. The second-order valence-corrected chi connectivity index (χ2v) is 6.40. The first kappa shape index (κ1) is 15.1. The maximum absolute atomic E-state index is 5.64. The fourth-order valence-electron chi connectivity index (χ4n) is 2.62. The molecule has 7 heteroatoms. The topological polar surface area (TPSA) is 62.1 Å². The molecule has 0 bridgehead atoms. The molecule has 1 aliphatic heterocycles. The summed E-state index contributed by atoms with van der Waals surface area (Å²) in [6, 6.07) is 11.9. The monoisotopic (exact) mass is 386 g/mol. The molecule has 0 N–H and O–H groups in total. The van der Waals surface area contributed by atoms with Crippen LogP contribution in [0.25, 0.3) is 11.4 Å². The zero-order valence-electron chi connectivity index (χ0n) is 13.1. The Hall–Kier alpha value is -2.41. The molecule has 0 amide bonds. The Morgan fingerprint density at radius 2 is 1.88 bits per heavy atom. The van der Waals surface area contributed by atoms with Gasteiger partial charge in [0.2, 0.25) is 5.82 Å². The van der Waals surface area contributed by atoms with Crippen molar-refractivity contribution in [1.82, 2.24) is 20.2 Å². The highest BCUT2D eigenvalue weighted by Crippen LogP contribution is 2.35. The van der Waals surface area contributed by atoms with Gasteiger partial charge in [0.25, 0.3) is 0 Å². The second kappa shape index (κ2) is 6.24. The summed E-state index contributed by atoms with van der Waals surface area (Å²) >= 11 is 3.57. The number of halogens is 1. The van der Waals surface area contributed by atoms with Crippen LogP contribution in [0.3, 0.4) is 0 Å². The summed E-state index contributed by atoms with van der Waals surface area (Å²) in [5, 5.41) is 12.8. The van der Waals surface area contributed by atoms with E-state index in [1.165, 1.54) is 0 Å². The smallest absolute Gasteiger partial charge is 0.205 e. The quantitative estimate of drug-likeness (QED) is 0.691. The molecule has 2 aromatic carbocycles. The van der Waals surface area contributed by atoms with Crippen LogP contribution in [0.2, 0.25) is 0 Å². The molecule has 0 radical (unpaired) electrons. The maximum Gasteiger partial charge on any atom is 0.205 e. The fourth-order valence-corrected chi connectivity index (χ4v) is 3.07. The Labute approximate surface area is 147 Å². The third-order valence-electron chi connectivity index (χ3n) is 3.86. The van der Waals surface area contributed by atoms with Crippen molar-refractivity contribution in [2.45, 2.75) is 13.5 Å². The van der Waals surface area contributed by atoms with Gasteiger partial charge in [-0.05, 0) is 35.4 Å². The van der Waals surface area contributed by atoms with Crippen LogP contribution in [0, 0.1) is 6.92 Å². The van der Waals surface area contributed by atoms with Crippen LogP contribution in [-0.2, 0) is 6.54 Å². The number of ether oxygens (including phenoxy) is 2. The van der Waals surface area contributed by atoms with Crippen molar-refractivity contribution in [2.75, 3.05) is 13.2 Å². The minimum Gasteiger partial charge on any atom is -0.486 e. The average molecular weight is 387 g/mol. The molecule has 0 atom stereocenters. The number of benzene rings is 2. The predicted octanol–water partition coefficient (Wildman–Crippen LogP) is 3.23. The highest BCUT2D eigenvalue weighted by molar-refractivity contribution is 9.10. The molecule has 0 saturated carbocycles. The van der Waals surface area contributed by atoms with E-state index >= 15 is 0 Å². The van der Waals surface area contributed by atoms with Crippen LogP contribution >= 0.6 is 15.9 Å². The number of nitrogens with zero attached hydrogens (tertiary/aromatic N) is 4. The van der Waals surface area contributed by atoms with Gasteiger partial charge in [-0.3, -0.25) is 0 Å². The number of hydrogen-bond donors (Lipinski definition) is 0. The van der Waals surface area contributed by atoms with Crippen LogP contribution in [0.5, 0.6) is 11.5 Å².